The SMILES string of the molecule is CCC(C)(C)c1nnnn1CC1(C(=O)O)CC1. The molecular weight excluding hydrogens is 220 g/mol. The van der Waals surface area contributed by atoms with Gasteiger partial charge in [-0.1, -0.05) is 20.8 Å². The van der Waals surface area contributed by atoms with Crippen molar-refractivity contribution in [3.63, 3.8) is 0 Å². The fraction of sp³-hybridized carbons (Fsp3) is 0.818. The van der Waals surface area contributed by atoms with E-state index in [2.05, 4.69) is 36.3 Å². The summed E-state index contributed by atoms with van der Waals surface area (Å²) in [4.78, 5) is 11.2. The zero-order chi connectivity index (χ0) is 12.7. The van der Waals surface area contributed by atoms with Crippen molar-refractivity contribution in [1.29, 1.82) is 0 Å². The Balaban J connectivity index is 2.24. The van der Waals surface area contributed by atoms with Crippen LogP contribution in [0.2, 0.25) is 0 Å². The van der Waals surface area contributed by atoms with Crippen LogP contribution in [0.5, 0.6) is 0 Å². The average Bonchev–Trinajstić information content (AvgIpc) is 2.89. The number of rotatable bonds is 5. The number of carboxylic acids is 1. The highest BCUT2D eigenvalue weighted by Crippen LogP contribution is 2.47. The summed E-state index contributed by atoms with van der Waals surface area (Å²) < 4.78 is 1.66. The second-order valence-electron chi connectivity index (χ2n) is 5.48. The van der Waals surface area contributed by atoms with E-state index in [1.165, 1.54) is 0 Å². The number of nitrogens with zero attached hydrogens (tertiary/aromatic N) is 4. The van der Waals surface area contributed by atoms with Crippen LogP contribution in [0.15, 0.2) is 0 Å². The molecule has 0 radical (unpaired) electrons. The topological polar surface area (TPSA) is 80.9 Å². The molecule has 0 spiro atoms. The smallest absolute Gasteiger partial charge is 0.311 e. The van der Waals surface area contributed by atoms with Crippen molar-refractivity contribution in [3.05, 3.63) is 5.82 Å². The standard InChI is InChI=1S/C11H18N4O2/c1-4-10(2,3)8-12-13-14-15(8)7-11(5-6-11)9(16)17/h4-7H2,1-3H3,(H,16,17). The second-order valence-corrected chi connectivity index (χ2v) is 5.48. The first-order chi connectivity index (χ1) is 7.91. The van der Waals surface area contributed by atoms with Crippen molar-refractivity contribution in [2.75, 3.05) is 0 Å². The monoisotopic (exact) mass is 238 g/mol. The van der Waals surface area contributed by atoms with Crippen LogP contribution in [0.4, 0.5) is 0 Å². The molecule has 0 bridgehead atoms. The molecule has 6 heteroatoms. The second kappa shape index (κ2) is 3.78. The van der Waals surface area contributed by atoms with Crippen LogP contribution in [0.3, 0.4) is 0 Å². The molecule has 1 heterocycles. The molecule has 1 saturated carbocycles. The van der Waals surface area contributed by atoms with Crippen molar-refractivity contribution >= 4 is 5.97 Å². The fourth-order valence-electron chi connectivity index (χ4n) is 1.83. The Kier molecular flexibility index (Phi) is 2.67. The summed E-state index contributed by atoms with van der Waals surface area (Å²) in [7, 11) is 0. The Hall–Kier alpha value is -1.46. The molecule has 1 fully saturated rings. The third kappa shape index (κ3) is 2.03. The maximum Gasteiger partial charge on any atom is 0.311 e. The Morgan fingerprint density at radius 3 is 2.65 bits per heavy atom. The lowest BCUT2D eigenvalue weighted by Crippen LogP contribution is -2.28. The van der Waals surface area contributed by atoms with Gasteiger partial charge in [0.05, 0.1) is 12.0 Å². The van der Waals surface area contributed by atoms with Crippen molar-refractivity contribution in [3.8, 4) is 0 Å². The van der Waals surface area contributed by atoms with Gasteiger partial charge in [0.1, 0.15) is 0 Å². The van der Waals surface area contributed by atoms with Gasteiger partial charge in [0, 0.05) is 5.41 Å². The summed E-state index contributed by atoms with van der Waals surface area (Å²) >= 11 is 0. The van der Waals surface area contributed by atoms with Gasteiger partial charge in [-0.3, -0.25) is 4.79 Å². The highest BCUT2D eigenvalue weighted by Gasteiger charge is 2.51. The first-order valence-electron chi connectivity index (χ1n) is 5.91. The Morgan fingerprint density at radius 2 is 2.18 bits per heavy atom. The van der Waals surface area contributed by atoms with E-state index in [-0.39, 0.29) is 5.41 Å². The number of aromatic nitrogens is 4. The third-order valence-corrected chi connectivity index (χ3v) is 3.78. The molecule has 0 aliphatic heterocycles. The van der Waals surface area contributed by atoms with Gasteiger partial charge < -0.3 is 5.11 Å². The first kappa shape index (κ1) is 12.0. The minimum Gasteiger partial charge on any atom is -0.481 e. The summed E-state index contributed by atoms with van der Waals surface area (Å²) in [6.07, 6.45) is 2.34. The van der Waals surface area contributed by atoms with Crippen LogP contribution in [0.25, 0.3) is 0 Å². The number of tetrazole rings is 1. The van der Waals surface area contributed by atoms with Crippen LogP contribution >= 0.6 is 0 Å². The van der Waals surface area contributed by atoms with E-state index in [0.717, 1.165) is 12.2 Å². The summed E-state index contributed by atoms with van der Waals surface area (Å²) in [5, 5.41) is 20.8. The van der Waals surface area contributed by atoms with Gasteiger partial charge in [-0.2, -0.15) is 0 Å². The summed E-state index contributed by atoms with van der Waals surface area (Å²) in [5.74, 6) is 0.0285. The molecule has 0 unspecified atom stereocenters. The maximum atomic E-state index is 11.2. The number of hydrogen-bond acceptors (Lipinski definition) is 4. The first-order valence-corrected chi connectivity index (χ1v) is 5.91. The Morgan fingerprint density at radius 1 is 1.53 bits per heavy atom. The minimum atomic E-state index is -0.742. The Bertz CT molecular complexity index is 434. The molecule has 1 N–H and O–H groups in total. The van der Waals surface area contributed by atoms with Crippen molar-refractivity contribution in [2.24, 2.45) is 5.41 Å². The molecule has 17 heavy (non-hydrogen) atoms. The normalized spacial score (nSPS) is 18.1. The van der Waals surface area contributed by atoms with E-state index >= 15 is 0 Å². The summed E-state index contributed by atoms with van der Waals surface area (Å²) in [6.45, 7) is 6.59. The molecule has 0 aromatic carbocycles. The zero-order valence-corrected chi connectivity index (χ0v) is 10.5. The molecule has 2 rings (SSSR count). The zero-order valence-electron chi connectivity index (χ0n) is 10.5. The molecule has 1 aromatic rings. The minimum absolute atomic E-state index is 0.127. The third-order valence-electron chi connectivity index (χ3n) is 3.78. The van der Waals surface area contributed by atoms with Crippen molar-refractivity contribution in [2.45, 2.75) is 52.0 Å². The fourth-order valence-corrected chi connectivity index (χ4v) is 1.83. The largest absolute Gasteiger partial charge is 0.481 e. The van der Waals surface area contributed by atoms with E-state index in [4.69, 9.17) is 0 Å². The molecule has 0 amide bonds. The van der Waals surface area contributed by atoms with Crippen LogP contribution in [-0.2, 0) is 16.8 Å². The highest BCUT2D eigenvalue weighted by molar-refractivity contribution is 5.77. The molecular formula is C11H18N4O2. The lowest BCUT2D eigenvalue weighted by atomic mass is 9.89. The summed E-state index contributed by atoms with van der Waals surface area (Å²) in [6, 6.07) is 0. The van der Waals surface area contributed by atoms with Crippen LogP contribution in [0.1, 0.15) is 45.9 Å². The molecule has 1 aromatic heterocycles. The number of hydrogen-bond donors (Lipinski definition) is 1. The Labute approximate surface area is 100 Å². The molecule has 1 aliphatic carbocycles. The van der Waals surface area contributed by atoms with Gasteiger partial charge in [0.2, 0.25) is 0 Å². The maximum absolute atomic E-state index is 11.2. The molecule has 0 atom stereocenters. The molecule has 0 saturated heterocycles. The van der Waals surface area contributed by atoms with Crippen LogP contribution < -0.4 is 0 Å². The predicted octanol–water partition coefficient (Wildman–Crippen LogP) is 1.23. The van der Waals surface area contributed by atoms with Crippen LogP contribution in [-0.4, -0.2) is 31.3 Å². The molecule has 6 nitrogen and oxygen atoms in total. The molecule has 1 aliphatic rings. The number of aliphatic carboxylic acids is 1. The summed E-state index contributed by atoms with van der Waals surface area (Å²) in [5.41, 5.74) is -0.758. The van der Waals surface area contributed by atoms with Gasteiger partial charge in [0.15, 0.2) is 5.82 Å². The van der Waals surface area contributed by atoms with E-state index in [1.54, 1.807) is 4.68 Å². The van der Waals surface area contributed by atoms with Gasteiger partial charge in [-0.15, -0.1) is 5.10 Å². The molecule has 94 valence electrons. The van der Waals surface area contributed by atoms with E-state index in [0.29, 0.717) is 19.4 Å². The van der Waals surface area contributed by atoms with Crippen molar-refractivity contribution < 1.29 is 9.90 Å². The highest BCUT2D eigenvalue weighted by atomic mass is 16.4. The van der Waals surface area contributed by atoms with Gasteiger partial charge in [-0.05, 0) is 29.7 Å². The van der Waals surface area contributed by atoms with E-state index in [9.17, 15) is 9.90 Å². The van der Waals surface area contributed by atoms with Gasteiger partial charge in [-0.25, -0.2) is 4.68 Å². The average molecular weight is 238 g/mol. The quantitative estimate of drug-likeness (QED) is 0.834. The van der Waals surface area contributed by atoms with E-state index in [1.807, 2.05) is 0 Å². The lowest BCUT2D eigenvalue weighted by molar-refractivity contribution is -0.144. The predicted molar refractivity (Wildman–Crippen MR) is 60.4 cm³/mol. The van der Waals surface area contributed by atoms with Crippen molar-refractivity contribution in [1.82, 2.24) is 20.2 Å². The van der Waals surface area contributed by atoms with Gasteiger partial charge >= 0.3 is 5.97 Å². The lowest BCUT2D eigenvalue weighted by Gasteiger charge is -2.22. The number of carboxylic acid groups (broad SMARTS) is 1. The van der Waals surface area contributed by atoms with E-state index < -0.39 is 11.4 Å². The van der Waals surface area contributed by atoms with Gasteiger partial charge in [0.25, 0.3) is 0 Å². The van der Waals surface area contributed by atoms with Crippen LogP contribution in [0, 0.1) is 5.41 Å². The number of carbonyl (C=O) groups is 1.